The van der Waals surface area contributed by atoms with Gasteiger partial charge in [-0.05, 0) is 30.7 Å². The van der Waals surface area contributed by atoms with E-state index in [2.05, 4.69) is 5.32 Å². The van der Waals surface area contributed by atoms with Crippen LogP contribution in [0.2, 0.25) is 0 Å². The average molecular weight is 243 g/mol. The molecule has 2 aromatic carbocycles. The highest BCUT2D eigenvalue weighted by Gasteiger charge is 2.08. The highest BCUT2D eigenvalue weighted by atomic mass is 16.6. The number of rotatable bonds is 3. The van der Waals surface area contributed by atoms with Gasteiger partial charge in [-0.1, -0.05) is 12.1 Å². The molecule has 0 spiro atoms. The monoisotopic (exact) mass is 243 g/mol. The number of nitrogens with zero attached hydrogens (tertiary/aromatic N) is 1. The number of nitrogen functional groups attached to an aromatic ring is 1. The SMILES string of the molecule is Cc1cccc(Nc2ccc([N+](=O)[O-])cc2N)c1. The van der Waals surface area contributed by atoms with Crippen molar-refractivity contribution in [3.8, 4) is 0 Å². The summed E-state index contributed by atoms with van der Waals surface area (Å²) in [5.41, 5.74) is 8.80. The standard InChI is InChI=1S/C13H13N3O2/c1-9-3-2-4-10(7-9)15-13-6-5-11(16(17)18)8-12(13)14/h2-8,15H,14H2,1H3. The minimum absolute atomic E-state index is 0.0118. The van der Waals surface area contributed by atoms with Crippen molar-refractivity contribution in [3.05, 3.63) is 58.1 Å². The van der Waals surface area contributed by atoms with Gasteiger partial charge in [0.2, 0.25) is 0 Å². The molecule has 5 heteroatoms. The fraction of sp³-hybridized carbons (Fsp3) is 0.0769. The molecule has 0 radical (unpaired) electrons. The second kappa shape index (κ2) is 4.75. The average Bonchev–Trinajstić information content (AvgIpc) is 2.31. The molecule has 2 rings (SSSR count). The maximum Gasteiger partial charge on any atom is 0.271 e. The Morgan fingerprint density at radius 2 is 2.00 bits per heavy atom. The zero-order chi connectivity index (χ0) is 13.1. The molecule has 5 nitrogen and oxygen atoms in total. The van der Waals surface area contributed by atoms with Gasteiger partial charge in [-0.25, -0.2) is 0 Å². The normalized spacial score (nSPS) is 10.1. The van der Waals surface area contributed by atoms with Crippen LogP contribution in [0.25, 0.3) is 0 Å². The molecule has 0 saturated heterocycles. The lowest BCUT2D eigenvalue weighted by Crippen LogP contribution is -1.98. The molecule has 0 aliphatic carbocycles. The third-order valence-corrected chi connectivity index (χ3v) is 2.54. The Bertz CT molecular complexity index is 597. The van der Waals surface area contributed by atoms with E-state index in [9.17, 15) is 10.1 Å². The Labute approximate surface area is 104 Å². The van der Waals surface area contributed by atoms with Gasteiger partial charge in [-0.3, -0.25) is 10.1 Å². The van der Waals surface area contributed by atoms with Gasteiger partial charge in [0.1, 0.15) is 0 Å². The van der Waals surface area contributed by atoms with E-state index >= 15 is 0 Å². The second-order valence-electron chi connectivity index (χ2n) is 4.02. The van der Waals surface area contributed by atoms with Crippen LogP contribution in [0.3, 0.4) is 0 Å². The van der Waals surface area contributed by atoms with E-state index in [0.717, 1.165) is 11.3 Å². The third kappa shape index (κ3) is 2.57. The van der Waals surface area contributed by atoms with Gasteiger partial charge in [0, 0.05) is 17.8 Å². The lowest BCUT2D eigenvalue weighted by atomic mass is 10.2. The molecule has 0 amide bonds. The number of hydrogen-bond donors (Lipinski definition) is 2. The summed E-state index contributed by atoms with van der Waals surface area (Å²) in [6.07, 6.45) is 0. The van der Waals surface area contributed by atoms with Gasteiger partial charge in [0.25, 0.3) is 5.69 Å². The van der Waals surface area contributed by atoms with E-state index in [1.165, 1.54) is 12.1 Å². The third-order valence-electron chi connectivity index (χ3n) is 2.54. The molecule has 0 unspecified atom stereocenters. The van der Waals surface area contributed by atoms with Crippen LogP contribution < -0.4 is 11.1 Å². The number of non-ortho nitro benzene ring substituents is 1. The Hall–Kier alpha value is -2.56. The van der Waals surface area contributed by atoms with E-state index in [4.69, 9.17) is 5.73 Å². The van der Waals surface area contributed by atoms with Crippen molar-refractivity contribution >= 4 is 22.7 Å². The minimum atomic E-state index is -0.465. The summed E-state index contributed by atoms with van der Waals surface area (Å²) in [7, 11) is 0. The molecule has 0 bridgehead atoms. The molecule has 0 atom stereocenters. The quantitative estimate of drug-likeness (QED) is 0.492. The van der Waals surface area contributed by atoms with E-state index < -0.39 is 4.92 Å². The highest BCUT2D eigenvalue weighted by molar-refractivity contribution is 5.74. The fourth-order valence-corrected chi connectivity index (χ4v) is 1.66. The van der Waals surface area contributed by atoms with Crippen LogP contribution in [0, 0.1) is 17.0 Å². The Morgan fingerprint density at radius 3 is 2.61 bits per heavy atom. The predicted octanol–water partition coefficient (Wildman–Crippen LogP) is 3.23. The number of nitro benzene ring substituents is 1. The van der Waals surface area contributed by atoms with Gasteiger partial charge in [-0.15, -0.1) is 0 Å². The van der Waals surface area contributed by atoms with Crippen molar-refractivity contribution in [3.63, 3.8) is 0 Å². The van der Waals surface area contributed by atoms with Crippen molar-refractivity contribution in [1.82, 2.24) is 0 Å². The molecule has 2 aromatic rings. The first-order chi connectivity index (χ1) is 8.56. The molecule has 0 heterocycles. The zero-order valence-electron chi connectivity index (χ0n) is 9.88. The molecule has 0 saturated carbocycles. The summed E-state index contributed by atoms with van der Waals surface area (Å²) in [4.78, 5) is 10.1. The number of nitrogens with two attached hydrogens (primary N) is 1. The topological polar surface area (TPSA) is 81.2 Å². The van der Waals surface area contributed by atoms with Crippen LogP contribution in [0.5, 0.6) is 0 Å². The van der Waals surface area contributed by atoms with Crippen molar-refractivity contribution < 1.29 is 4.92 Å². The maximum atomic E-state index is 10.6. The lowest BCUT2D eigenvalue weighted by Gasteiger charge is -2.09. The number of nitrogens with one attached hydrogen (secondary N) is 1. The van der Waals surface area contributed by atoms with Crippen LogP contribution in [0.1, 0.15) is 5.56 Å². The van der Waals surface area contributed by atoms with Crippen molar-refractivity contribution in [1.29, 1.82) is 0 Å². The number of anilines is 3. The molecule has 92 valence electrons. The van der Waals surface area contributed by atoms with Crippen molar-refractivity contribution in [2.75, 3.05) is 11.1 Å². The van der Waals surface area contributed by atoms with Crippen LogP contribution >= 0.6 is 0 Å². The first-order valence-corrected chi connectivity index (χ1v) is 5.44. The van der Waals surface area contributed by atoms with Crippen molar-refractivity contribution in [2.24, 2.45) is 0 Å². The first kappa shape index (κ1) is 11.9. The molecule has 0 aliphatic rings. The summed E-state index contributed by atoms with van der Waals surface area (Å²) >= 11 is 0. The molecular weight excluding hydrogens is 230 g/mol. The largest absolute Gasteiger partial charge is 0.397 e. The van der Waals surface area contributed by atoms with Gasteiger partial charge in [-0.2, -0.15) is 0 Å². The number of hydrogen-bond acceptors (Lipinski definition) is 4. The molecular formula is C13H13N3O2. The maximum absolute atomic E-state index is 10.6. The first-order valence-electron chi connectivity index (χ1n) is 5.44. The zero-order valence-corrected chi connectivity index (χ0v) is 9.88. The van der Waals surface area contributed by atoms with Crippen LogP contribution in [0.4, 0.5) is 22.7 Å². The summed E-state index contributed by atoms with van der Waals surface area (Å²) < 4.78 is 0. The van der Waals surface area contributed by atoms with E-state index in [-0.39, 0.29) is 5.69 Å². The fourth-order valence-electron chi connectivity index (χ4n) is 1.66. The van der Waals surface area contributed by atoms with Gasteiger partial charge >= 0.3 is 0 Å². The molecule has 0 fully saturated rings. The highest BCUT2D eigenvalue weighted by Crippen LogP contribution is 2.27. The van der Waals surface area contributed by atoms with E-state index in [1.807, 2.05) is 31.2 Å². The van der Waals surface area contributed by atoms with Gasteiger partial charge in [0.15, 0.2) is 0 Å². The van der Waals surface area contributed by atoms with Gasteiger partial charge < -0.3 is 11.1 Å². The summed E-state index contributed by atoms with van der Waals surface area (Å²) in [5, 5.41) is 13.7. The van der Waals surface area contributed by atoms with Crippen LogP contribution in [-0.2, 0) is 0 Å². The summed E-state index contributed by atoms with van der Waals surface area (Å²) in [6.45, 7) is 1.99. The summed E-state index contributed by atoms with van der Waals surface area (Å²) in [6, 6.07) is 12.2. The number of benzene rings is 2. The Morgan fingerprint density at radius 1 is 1.22 bits per heavy atom. The Balaban J connectivity index is 2.27. The van der Waals surface area contributed by atoms with Crippen molar-refractivity contribution in [2.45, 2.75) is 6.92 Å². The summed E-state index contributed by atoms with van der Waals surface area (Å²) in [5.74, 6) is 0. The molecule has 3 N–H and O–H groups in total. The van der Waals surface area contributed by atoms with E-state index in [0.29, 0.717) is 11.4 Å². The predicted molar refractivity (Wildman–Crippen MR) is 72.0 cm³/mol. The van der Waals surface area contributed by atoms with Crippen LogP contribution in [-0.4, -0.2) is 4.92 Å². The minimum Gasteiger partial charge on any atom is -0.397 e. The second-order valence-corrected chi connectivity index (χ2v) is 4.02. The van der Waals surface area contributed by atoms with Crippen LogP contribution in [0.15, 0.2) is 42.5 Å². The molecule has 0 aromatic heterocycles. The lowest BCUT2D eigenvalue weighted by molar-refractivity contribution is -0.384. The smallest absolute Gasteiger partial charge is 0.271 e. The number of aryl methyl sites for hydroxylation is 1. The molecule has 0 aliphatic heterocycles. The number of nitro groups is 1. The van der Waals surface area contributed by atoms with E-state index in [1.54, 1.807) is 6.07 Å². The van der Waals surface area contributed by atoms with Gasteiger partial charge in [0.05, 0.1) is 16.3 Å². The molecule has 18 heavy (non-hydrogen) atoms. The Kier molecular flexibility index (Phi) is 3.14.